The van der Waals surface area contributed by atoms with Gasteiger partial charge in [0.15, 0.2) is 0 Å². The molecule has 1 aromatic heterocycles. The lowest BCUT2D eigenvalue weighted by Crippen LogP contribution is -2.39. The molecule has 2 rings (SSSR count). The number of anilines is 1. The predicted octanol–water partition coefficient (Wildman–Crippen LogP) is 1.42. The van der Waals surface area contributed by atoms with E-state index in [-0.39, 0.29) is 18.1 Å². The number of rotatable bonds is 4. The quantitative estimate of drug-likeness (QED) is 0.847. The van der Waals surface area contributed by atoms with Crippen molar-refractivity contribution in [2.24, 2.45) is 0 Å². The van der Waals surface area contributed by atoms with Gasteiger partial charge >= 0.3 is 0 Å². The molecule has 1 fully saturated rings. The number of amides is 1. The van der Waals surface area contributed by atoms with Crippen molar-refractivity contribution in [2.45, 2.75) is 32.4 Å². The third kappa shape index (κ3) is 2.98. The van der Waals surface area contributed by atoms with E-state index in [0.717, 1.165) is 18.7 Å². The SMILES string of the molecule is CCNc1ccc(C(=O)NC2CCOC2C)nc1. The van der Waals surface area contributed by atoms with Crippen LogP contribution in [0.1, 0.15) is 30.8 Å². The van der Waals surface area contributed by atoms with Crippen LogP contribution in [-0.4, -0.2) is 36.2 Å². The molecule has 1 aliphatic heterocycles. The number of aromatic nitrogens is 1. The van der Waals surface area contributed by atoms with Gasteiger partial charge in [0.1, 0.15) is 5.69 Å². The van der Waals surface area contributed by atoms with Gasteiger partial charge in [-0.2, -0.15) is 0 Å². The number of pyridine rings is 1. The molecule has 2 unspecified atom stereocenters. The van der Waals surface area contributed by atoms with Crippen molar-refractivity contribution >= 4 is 11.6 Å². The highest BCUT2D eigenvalue weighted by Gasteiger charge is 2.26. The normalized spacial score (nSPS) is 22.8. The molecule has 0 aromatic carbocycles. The number of carbonyl (C=O) groups excluding carboxylic acids is 1. The largest absolute Gasteiger partial charge is 0.384 e. The first kappa shape index (κ1) is 12.8. The maximum atomic E-state index is 12.0. The number of nitrogens with zero attached hydrogens (tertiary/aromatic N) is 1. The van der Waals surface area contributed by atoms with Crippen molar-refractivity contribution in [2.75, 3.05) is 18.5 Å². The van der Waals surface area contributed by atoms with Gasteiger partial charge in [-0.15, -0.1) is 0 Å². The third-order valence-electron chi connectivity index (χ3n) is 3.07. The van der Waals surface area contributed by atoms with Gasteiger partial charge in [0.2, 0.25) is 0 Å². The average Bonchev–Trinajstić information content (AvgIpc) is 2.76. The fourth-order valence-corrected chi connectivity index (χ4v) is 2.00. The molecule has 5 nitrogen and oxygen atoms in total. The molecule has 2 N–H and O–H groups in total. The molecule has 5 heteroatoms. The van der Waals surface area contributed by atoms with E-state index >= 15 is 0 Å². The lowest BCUT2D eigenvalue weighted by Gasteiger charge is -2.15. The van der Waals surface area contributed by atoms with E-state index in [2.05, 4.69) is 15.6 Å². The minimum absolute atomic E-state index is 0.0787. The standard InChI is InChI=1S/C13H19N3O2/c1-3-14-10-4-5-12(15-8-10)13(17)16-11-6-7-18-9(11)2/h4-5,8-9,11,14H,3,6-7H2,1-2H3,(H,16,17). The Kier molecular flexibility index (Phi) is 4.15. The first-order valence-corrected chi connectivity index (χ1v) is 6.33. The minimum atomic E-state index is -0.139. The summed E-state index contributed by atoms with van der Waals surface area (Å²) >= 11 is 0. The summed E-state index contributed by atoms with van der Waals surface area (Å²) in [7, 11) is 0. The van der Waals surface area contributed by atoms with Crippen molar-refractivity contribution < 1.29 is 9.53 Å². The second-order valence-electron chi connectivity index (χ2n) is 4.41. The number of ether oxygens (including phenoxy) is 1. The molecule has 2 atom stereocenters. The fourth-order valence-electron chi connectivity index (χ4n) is 2.00. The molecule has 1 saturated heterocycles. The van der Waals surface area contributed by atoms with Crippen molar-refractivity contribution in [1.29, 1.82) is 0 Å². The van der Waals surface area contributed by atoms with Crippen LogP contribution in [0.4, 0.5) is 5.69 Å². The van der Waals surface area contributed by atoms with Gasteiger partial charge in [-0.1, -0.05) is 0 Å². The summed E-state index contributed by atoms with van der Waals surface area (Å²) in [5, 5.41) is 6.09. The number of hydrogen-bond acceptors (Lipinski definition) is 4. The van der Waals surface area contributed by atoms with Crippen molar-refractivity contribution in [3.8, 4) is 0 Å². The second-order valence-corrected chi connectivity index (χ2v) is 4.41. The Morgan fingerprint density at radius 1 is 1.56 bits per heavy atom. The first-order chi connectivity index (χ1) is 8.70. The van der Waals surface area contributed by atoms with Gasteiger partial charge in [0, 0.05) is 13.2 Å². The van der Waals surface area contributed by atoms with E-state index in [9.17, 15) is 4.79 Å². The highest BCUT2D eigenvalue weighted by Crippen LogP contribution is 2.13. The summed E-state index contributed by atoms with van der Waals surface area (Å²) in [4.78, 5) is 16.1. The summed E-state index contributed by atoms with van der Waals surface area (Å²) in [6.07, 6.45) is 2.62. The van der Waals surface area contributed by atoms with Crippen molar-refractivity contribution in [1.82, 2.24) is 10.3 Å². The molecule has 0 saturated carbocycles. The van der Waals surface area contributed by atoms with Gasteiger partial charge < -0.3 is 15.4 Å². The predicted molar refractivity (Wildman–Crippen MR) is 69.7 cm³/mol. The van der Waals surface area contributed by atoms with Crippen LogP contribution < -0.4 is 10.6 Å². The van der Waals surface area contributed by atoms with Crippen LogP contribution in [0.3, 0.4) is 0 Å². The molecule has 0 bridgehead atoms. The number of carbonyl (C=O) groups is 1. The van der Waals surface area contributed by atoms with E-state index in [1.807, 2.05) is 19.9 Å². The Morgan fingerprint density at radius 2 is 2.39 bits per heavy atom. The highest BCUT2D eigenvalue weighted by atomic mass is 16.5. The van der Waals surface area contributed by atoms with E-state index in [4.69, 9.17) is 4.74 Å². The molecule has 1 amide bonds. The number of hydrogen-bond donors (Lipinski definition) is 2. The molecule has 18 heavy (non-hydrogen) atoms. The van der Waals surface area contributed by atoms with Crippen LogP contribution in [0.2, 0.25) is 0 Å². The molecule has 0 radical (unpaired) electrons. The molecule has 0 spiro atoms. The number of nitrogens with one attached hydrogen (secondary N) is 2. The molecular formula is C13H19N3O2. The average molecular weight is 249 g/mol. The summed E-state index contributed by atoms with van der Waals surface area (Å²) in [5.41, 5.74) is 1.36. The van der Waals surface area contributed by atoms with Crippen LogP contribution in [0.25, 0.3) is 0 Å². The first-order valence-electron chi connectivity index (χ1n) is 6.33. The zero-order valence-corrected chi connectivity index (χ0v) is 10.8. The zero-order valence-electron chi connectivity index (χ0n) is 10.8. The second kappa shape index (κ2) is 5.82. The van der Waals surface area contributed by atoms with Crippen LogP contribution >= 0.6 is 0 Å². The summed E-state index contributed by atoms with van der Waals surface area (Å²) in [6, 6.07) is 3.68. The van der Waals surface area contributed by atoms with Crippen molar-refractivity contribution in [3.63, 3.8) is 0 Å². The molecule has 2 heterocycles. The van der Waals surface area contributed by atoms with Gasteiger partial charge in [-0.3, -0.25) is 4.79 Å². The lowest BCUT2D eigenvalue weighted by molar-refractivity contribution is 0.0862. The highest BCUT2D eigenvalue weighted by molar-refractivity contribution is 5.92. The Bertz CT molecular complexity index is 405. The monoisotopic (exact) mass is 249 g/mol. The maximum Gasteiger partial charge on any atom is 0.270 e. The van der Waals surface area contributed by atoms with Crippen LogP contribution in [0, 0.1) is 0 Å². The summed E-state index contributed by atoms with van der Waals surface area (Å²) < 4.78 is 5.41. The van der Waals surface area contributed by atoms with E-state index in [1.54, 1.807) is 12.3 Å². The van der Waals surface area contributed by atoms with Crippen molar-refractivity contribution in [3.05, 3.63) is 24.0 Å². The molecular weight excluding hydrogens is 230 g/mol. The molecule has 1 aromatic rings. The molecule has 1 aliphatic rings. The van der Waals surface area contributed by atoms with Gasteiger partial charge in [-0.25, -0.2) is 4.98 Å². The third-order valence-corrected chi connectivity index (χ3v) is 3.07. The topological polar surface area (TPSA) is 63.2 Å². The van der Waals surface area contributed by atoms with Gasteiger partial charge in [-0.05, 0) is 32.4 Å². The van der Waals surface area contributed by atoms with E-state index in [0.29, 0.717) is 12.3 Å². The lowest BCUT2D eigenvalue weighted by atomic mass is 10.1. The Labute approximate surface area is 107 Å². The van der Waals surface area contributed by atoms with Crippen LogP contribution in [0.15, 0.2) is 18.3 Å². The zero-order chi connectivity index (χ0) is 13.0. The Hall–Kier alpha value is -1.62. The molecule has 0 aliphatic carbocycles. The van der Waals surface area contributed by atoms with Gasteiger partial charge in [0.05, 0.1) is 24.0 Å². The smallest absolute Gasteiger partial charge is 0.270 e. The fraction of sp³-hybridized carbons (Fsp3) is 0.538. The molecule has 98 valence electrons. The minimum Gasteiger partial charge on any atom is -0.384 e. The van der Waals surface area contributed by atoms with E-state index < -0.39 is 0 Å². The Balaban J connectivity index is 1.96. The summed E-state index contributed by atoms with van der Waals surface area (Å²) in [6.45, 7) is 5.53. The van der Waals surface area contributed by atoms with E-state index in [1.165, 1.54) is 0 Å². The maximum absolute atomic E-state index is 12.0. The van der Waals surface area contributed by atoms with Gasteiger partial charge in [0.25, 0.3) is 5.91 Å². The summed E-state index contributed by atoms with van der Waals surface area (Å²) in [5.74, 6) is -0.139. The Morgan fingerprint density at radius 3 is 2.94 bits per heavy atom. The van der Waals surface area contributed by atoms with Crippen LogP contribution in [0.5, 0.6) is 0 Å². The van der Waals surface area contributed by atoms with Crippen LogP contribution in [-0.2, 0) is 4.74 Å².